The van der Waals surface area contributed by atoms with Crippen LogP contribution in [0.4, 0.5) is 0 Å². The molecule has 0 aliphatic heterocycles. The van der Waals surface area contributed by atoms with Crippen molar-refractivity contribution < 1.29 is 0 Å². The lowest BCUT2D eigenvalue weighted by Gasteiger charge is -2.09. The highest BCUT2D eigenvalue weighted by Gasteiger charge is 2.16. The van der Waals surface area contributed by atoms with Crippen LogP contribution in [0.15, 0.2) is 127 Å². The van der Waals surface area contributed by atoms with Crippen LogP contribution in [0.5, 0.6) is 0 Å². The first-order valence-corrected chi connectivity index (χ1v) is 12.4. The Morgan fingerprint density at radius 2 is 1.18 bits per heavy atom. The zero-order valence-corrected chi connectivity index (χ0v) is 19.3. The second-order valence-electron chi connectivity index (χ2n) is 8.65. The van der Waals surface area contributed by atoms with Gasteiger partial charge in [-0.15, -0.1) is 11.3 Å². The van der Waals surface area contributed by atoms with E-state index in [2.05, 4.69) is 131 Å². The van der Waals surface area contributed by atoms with Gasteiger partial charge in [-0.3, -0.25) is 0 Å². The van der Waals surface area contributed by atoms with Gasteiger partial charge in [-0.05, 0) is 75.5 Å². The van der Waals surface area contributed by atoms with Gasteiger partial charge in [0.15, 0.2) is 0 Å². The summed E-state index contributed by atoms with van der Waals surface area (Å²) in [6, 6.07) is 43.8. The molecule has 160 valence electrons. The molecule has 0 aliphatic carbocycles. The van der Waals surface area contributed by atoms with Crippen LogP contribution in [0.3, 0.4) is 0 Å². The van der Waals surface area contributed by atoms with Crippen molar-refractivity contribution in [1.29, 1.82) is 0 Å². The van der Waals surface area contributed by atoms with Gasteiger partial charge < -0.3 is 4.57 Å². The number of fused-ring (bicyclic) bond motifs is 5. The maximum absolute atomic E-state index is 2.40. The Kier molecular flexibility index (Phi) is 4.39. The van der Waals surface area contributed by atoms with E-state index < -0.39 is 0 Å². The number of benzene rings is 5. The van der Waals surface area contributed by atoms with Crippen molar-refractivity contribution in [3.63, 3.8) is 0 Å². The van der Waals surface area contributed by atoms with E-state index in [-0.39, 0.29) is 0 Å². The Hall–Kier alpha value is -4.14. The van der Waals surface area contributed by atoms with Gasteiger partial charge in [0.25, 0.3) is 0 Å². The highest BCUT2D eigenvalue weighted by Crippen LogP contribution is 2.40. The van der Waals surface area contributed by atoms with Crippen LogP contribution in [-0.4, -0.2) is 4.57 Å². The maximum atomic E-state index is 2.40. The quantitative estimate of drug-likeness (QED) is 0.252. The fourth-order valence-electron chi connectivity index (χ4n) is 5.07. The molecule has 0 bridgehead atoms. The summed E-state index contributed by atoms with van der Waals surface area (Å²) in [6.45, 7) is 0. The van der Waals surface area contributed by atoms with E-state index >= 15 is 0 Å². The number of hydrogen-bond acceptors (Lipinski definition) is 1. The minimum atomic E-state index is 1.19. The monoisotopic (exact) mass is 451 g/mol. The van der Waals surface area contributed by atoms with Gasteiger partial charge in [-0.2, -0.15) is 0 Å². The van der Waals surface area contributed by atoms with Crippen molar-refractivity contribution in [3.05, 3.63) is 127 Å². The Balaban J connectivity index is 1.51. The van der Waals surface area contributed by atoms with E-state index in [1.807, 2.05) is 11.3 Å². The largest absolute Gasteiger partial charge is 0.309 e. The molecule has 0 saturated heterocycles. The average Bonchev–Trinajstić information content (AvgIpc) is 3.51. The molecule has 2 heterocycles. The minimum Gasteiger partial charge on any atom is -0.309 e. The molecular weight excluding hydrogens is 430 g/mol. The van der Waals surface area contributed by atoms with E-state index in [1.54, 1.807) is 0 Å². The lowest BCUT2D eigenvalue weighted by Crippen LogP contribution is -1.92. The SMILES string of the molecule is c1ccc(-c2cccc(-c3ccc4c(c3)c3c5sccc5ccc3n4-c3ccccc3)c2)cc1. The zero-order valence-electron chi connectivity index (χ0n) is 18.5. The molecular formula is C32H21NS. The van der Waals surface area contributed by atoms with Crippen LogP contribution in [-0.2, 0) is 0 Å². The van der Waals surface area contributed by atoms with Gasteiger partial charge in [0.2, 0.25) is 0 Å². The molecule has 0 atom stereocenters. The van der Waals surface area contributed by atoms with E-state index in [1.165, 1.54) is 59.8 Å². The molecule has 0 fully saturated rings. The lowest BCUT2D eigenvalue weighted by molar-refractivity contribution is 1.18. The van der Waals surface area contributed by atoms with Gasteiger partial charge in [0.05, 0.1) is 11.0 Å². The summed E-state index contributed by atoms with van der Waals surface area (Å²) in [6.07, 6.45) is 0. The van der Waals surface area contributed by atoms with E-state index in [9.17, 15) is 0 Å². The van der Waals surface area contributed by atoms with Crippen molar-refractivity contribution in [2.24, 2.45) is 0 Å². The van der Waals surface area contributed by atoms with Gasteiger partial charge in [0, 0.05) is 21.2 Å². The number of nitrogens with zero attached hydrogens (tertiary/aromatic N) is 1. The zero-order chi connectivity index (χ0) is 22.5. The first kappa shape index (κ1) is 19.3. The number of para-hydroxylation sites is 1. The average molecular weight is 452 g/mol. The van der Waals surface area contributed by atoms with E-state index in [4.69, 9.17) is 0 Å². The number of rotatable bonds is 3. The standard InChI is InChI=1S/C32H21NS/c1-3-8-22(9-4-1)24-10-7-11-25(20-24)26-15-16-29-28(21-26)31-30(17-14-23-18-19-34-32(23)31)33(29)27-12-5-2-6-13-27/h1-21H. The fraction of sp³-hybridized carbons (Fsp3) is 0. The summed E-state index contributed by atoms with van der Waals surface area (Å²) in [7, 11) is 0. The molecule has 7 rings (SSSR count). The Morgan fingerprint density at radius 3 is 2.00 bits per heavy atom. The number of thiophene rings is 1. The highest BCUT2D eigenvalue weighted by molar-refractivity contribution is 7.18. The Morgan fingerprint density at radius 1 is 0.500 bits per heavy atom. The van der Waals surface area contributed by atoms with Gasteiger partial charge >= 0.3 is 0 Å². The van der Waals surface area contributed by atoms with Gasteiger partial charge in [0.1, 0.15) is 0 Å². The summed E-state index contributed by atoms with van der Waals surface area (Å²) in [4.78, 5) is 0. The Labute approximate surface area is 202 Å². The maximum Gasteiger partial charge on any atom is 0.0555 e. The van der Waals surface area contributed by atoms with E-state index in [0.717, 1.165) is 0 Å². The summed E-state index contributed by atoms with van der Waals surface area (Å²) < 4.78 is 3.75. The van der Waals surface area contributed by atoms with Crippen LogP contribution in [0, 0.1) is 0 Å². The molecule has 0 amide bonds. The summed E-state index contributed by atoms with van der Waals surface area (Å²) in [5.74, 6) is 0. The van der Waals surface area contributed by atoms with E-state index in [0.29, 0.717) is 0 Å². The first-order chi connectivity index (χ1) is 16.9. The second-order valence-corrected chi connectivity index (χ2v) is 9.56. The van der Waals surface area contributed by atoms with Crippen LogP contribution < -0.4 is 0 Å². The van der Waals surface area contributed by atoms with Crippen molar-refractivity contribution in [2.45, 2.75) is 0 Å². The number of aromatic nitrogens is 1. The van der Waals surface area contributed by atoms with Crippen molar-refractivity contribution >= 4 is 43.2 Å². The summed E-state index contributed by atoms with van der Waals surface area (Å²) in [5.41, 5.74) is 8.65. The van der Waals surface area contributed by atoms with Crippen LogP contribution >= 0.6 is 11.3 Å². The molecule has 0 N–H and O–H groups in total. The molecule has 0 spiro atoms. The molecule has 0 radical (unpaired) electrons. The first-order valence-electron chi connectivity index (χ1n) is 11.5. The smallest absolute Gasteiger partial charge is 0.0555 e. The third-order valence-electron chi connectivity index (χ3n) is 6.66. The Bertz CT molecular complexity index is 1790. The summed E-state index contributed by atoms with van der Waals surface area (Å²) in [5, 5.41) is 6.14. The second kappa shape index (κ2) is 7.72. The topological polar surface area (TPSA) is 4.93 Å². The van der Waals surface area contributed by atoms with Crippen LogP contribution in [0.25, 0.3) is 59.8 Å². The van der Waals surface area contributed by atoms with Crippen molar-refractivity contribution in [3.8, 4) is 27.9 Å². The van der Waals surface area contributed by atoms with Crippen LogP contribution in [0.1, 0.15) is 0 Å². The van der Waals surface area contributed by atoms with Crippen LogP contribution in [0.2, 0.25) is 0 Å². The molecule has 1 nitrogen and oxygen atoms in total. The minimum absolute atomic E-state index is 1.19. The van der Waals surface area contributed by atoms with Gasteiger partial charge in [-0.25, -0.2) is 0 Å². The van der Waals surface area contributed by atoms with Gasteiger partial charge in [-0.1, -0.05) is 78.9 Å². The van der Waals surface area contributed by atoms with Crippen molar-refractivity contribution in [1.82, 2.24) is 4.57 Å². The molecule has 34 heavy (non-hydrogen) atoms. The fourth-order valence-corrected chi connectivity index (χ4v) is 6.03. The molecule has 0 aliphatic rings. The molecule has 2 aromatic heterocycles. The third-order valence-corrected chi connectivity index (χ3v) is 7.61. The normalized spacial score (nSPS) is 11.5. The summed E-state index contributed by atoms with van der Waals surface area (Å²) >= 11 is 1.83. The molecule has 5 aromatic carbocycles. The lowest BCUT2D eigenvalue weighted by atomic mass is 9.98. The molecule has 0 saturated carbocycles. The molecule has 0 unspecified atom stereocenters. The molecule has 7 aromatic rings. The predicted molar refractivity (Wildman–Crippen MR) is 147 cm³/mol. The number of hydrogen-bond donors (Lipinski definition) is 0. The molecule has 2 heteroatoms. The highest BCUT2D eigenvalue weighted by atomic mass is 32.1. The third kappa shape index (κ3) is 3.00. The van der Waals surface area contributed by atoms with Crippen molar-refractivity contribution in [2.75, 3.05) is 0 Å². The predicted octanol–water partition coefficient (Wildman–Crippen LogP) is 9.33.